The number of aryl methyl sites for hydroxylation is 2. The van der Waals surface area contributed by atoms with Crippen LogP contribution in [0.5, 0.6) is 0 Å². The average Bonchev–Trinajstić information content (AvgIpc) is 2.68. The molecule has 1 fully saturated rings. The van der Waals surface area contributed by atoms with Gasteiger partial charge in [-0.25, -0.2) is 12.8 Å². The van der Waals surface area contributed by atoms with Gasteiger partial charge in [0.2, 0.25) is 15.9 Å². The van der Waals surface area contributed by atoms with Gasteiger partial charge in [-0.15, -0.1) is 11.8 Å². The van der Waals surface area contributed by atoms with Gasteiger partial charge < -0.3 is 4.90 Å². The molecule has 0 N–H and O–H groups in total. The highest BCUT2D eigenvalue weighted by Crippen LogP contribution is 2.25. The quantitative estimate of drug-likeness (QED) is 0.695. The maximum absolute atomic E-state index is 13.9. The zero-order chi connectivity index (χ0) is 20.3. The van der Waals surface area contributed by atoms with Gasteiger partial charge >= 0.3 is 0 Å². The Morgan fingerprint density at radius 1 is 1.07 bits per heavy atom. The molecule has 1 aliphatic heterocycles. The first-order valence-electron chi connectivity index (χ1n) is 9.01. The lowest BCUT2D eigenvalue weighted by molar-refractivity contribution is -0.129. The predicted octanol–water partition coefficient (Wildman–Crippen LogP) is 3.07. The number of hydrogen-bond acceptors (Lipinski definition) is 4. The molecule has 28 heavy (non-hydrogen) atoms. The number of carbonyl (C=O) groups excluding carboxylic acids is 1. The molecule has 0 atom stereocenters. The Bertz CT molecular complexity index is 971. The molecule has 0 spiro atoms. The molecule has 1 aliphatic rings. The van der Waals surface area contributed by atoms with Crippen LogP contribution in [0.15, 0.2) is 52.3 Å². The zero-order valence-electron chi connectivity index (χ0n) is 15.9. The summed E-state index contributed by atoms with van der Waals surface area (Å²) < 4.78 is 40.4. The second kappa shape index (κ2) is 8.63. The van der Waals surface area contributed by atoms with Crippen molar-refractivity contribution in [3.8, 4) is 0 Å². The van der Waals surface area contributed by atoms with Crippen molar-refractivity contribution >= 4 is 27.7 Å². The summed E-state index contributed by atoms with van der Waals surface area (Å²) in [7, 11) is -3.89. The summed E-state index contributed by atoms with van der Waals surface area (Å²) in [5, 5.41) is 0. The minimum atomic E-state index is -3.89. The van der Waals surface area contributed by atoms with Crippen LogP contribution in [0.3, 0.4) is 0 Å². The highest BCUT2D eigenvalue weighted by atomic mass is 32.2. The van der Waals surface area contributed by atoms with Crippen LogP contribution in [-0.4, -0.2) is 55.5 Å². The number of rotatable bonds is 5. The normalized spacial score (nSPS) is 15.6. The van der Waals surface area contributed by atoms with E-state index in [0.29, 0.717) is 18.8 Å². The Hall–Kier alpha value is -1.90. The van der Waals surface area contributed by atoms with Crippen LogP contribution in [0.1, 0.15) is 11.1 Å². The fraction of sp³-hybridized carbons (Fsp3) is 0.350. The van der Waals surface area contributed by atoms with Crippen LogP contribution in [0.4, 0.5) is 4.39 Å². The first kappa shape index (κ1) is 20.8. The molecule has 2 aromatic carbocycles. The van der Waals surface area contributed by atoms with E-state index in [9.17, 15) is 17.6 Å². The molecule has 0 aromatic heterocycles. The number of nitrogens with zero attached hydrogens (tertiary/aromatic N) is 2. The van der Waals surface area contributed by atoms with E-state index in [1.807, 2.05) is 26.0 Å². The number of amides is 1. The highest BCUT2D eigenvalue weighted by molar-refractivity contribution is 8.00. The standard InChI is InChI=1S/C20H23FN2O3S2/c1-15-7-8-16(2)18(13-15)27-14-20(24)22-9-11-23(12-10-22)28(25,26)19-6-4-3-5-17(19)21/h3-8,13H,9-12,14H2,1-2H3. The summed E-state index contributed by atoms with van der Waals surface area (Å²) in [4.78, 5) is 15.0. The Morgan fingerprint density at radius 3 is 2.43 bits per heavy atom. The third-order valence-electron chi connectivity index (χ3n) is 4.74. The number of benzene rings is 2. The van der Waals surface area contributed by atoms with Gasteiger partial charge in [-0.1, -0.05) is 29.8 Å². The maximum Gasteiger partial charge on any atom is 0.246 e. The van der Waals surface area contributed by atoms with E-state index < -0.39 is 15.8 Å². The highest BCUT2D eigenvalue weighted by Gasteiger charge is 2.31. The van der Waals surface area contributed by atoms with Gasteiger partial charge in [0.15, 0.2) is 0 Å². The average molecular weight is 423 g/mol. The Morgan fingerprint density at radius 2 is 1.75 bits per heavy atom. The largest absolute Gasteiger partial charge is 0.339 e. The predicted molar refractivity (Wildman–Crippen MR) is 108 cm³/mol. The molecule has 5 nitrogen and oxygen atoms in total. The van der Waals surface area contributed by atoms with Gasteiger partial charge in [0.1, 0.15) is 10.7 Å². The van der Waals surface area contributed by atoms with E-state index in [-0.39, 0.29) is 23.9 Å². The fourth-order valence-electron chi connectivity index (χ4n) is 3.06. The Labute approximate surface area is 169 Å². The zero-order valence-corrected chi connectivity index (χ0v) is 17.5. The first-order valence-corrected chi connectivity index (χ1v) is 11.4. The molecule has 150 valence electrons. The van der Waals surface area contributed by atoms with E-state index in [0.717, 1.165) is 22.1 Å². The van der Waals surface area contributed by atoms with E-state index in [1.54, 1.807) is 4.90 Å². The van der Waals surface area contributed by atoms with Crippen molar-refractivity contribution < 1.29 is 17.6 Å². The lowest BCUT2D eigenvalue weighted by Gasteiger charge is -2.34. The molecule has 0 aliphatic carbocycles. The molecule has 8 heteroatoms. The molecule has 3 rings (SSSR count). The molecule has 0 unspecified atom stereocenters. The topological polar surface area (TPSA) is 57.7 Å². The molecular weight excluding hydrogens is 399 g/mol. The summed E-state index contributed by atoms with van der Waals surface area (Å²) in [6, 6.07) is 11.5. The molecule has 2 aromatic rings. The van der Waals surface area contributed by atoms with Crippen molar-refractivity contribution in [1.29, 1.82) is 0 Å². The van der Waals surface area contributed by atoms with Gasteiger partial charge in [-0.2, -0.15) is 4.31 Å². The van der Waals surface area contributed by atoms with Crippen LogP contribution < -0.4 is 0 Å². The smallest absolute Gasteiger partial charge is 0.246 e. The minimum absolute atomic E-state index is 0.0196. The first-order chi connectivity index (χ1) is 13.3. The second-order valence-corrected chi connectivity index (χ2v) is 9.70. The van der Waals surface area contributed by atoms with E-state index in [2.05, 4.69) is 6.07 Å². The van der Waals surface area contributed by atoms with Gasteiger partial charge in [0, 0.05) is 31.1 Å². The van der Waals surface area contributed by atoms with Crippen LogP contribution in [0.2, 0.25) is 0 Å². The lowest BCUT2D eigenvalue weighted by Crippen LogP contribution is -2.51. The lowest BCUT2D eigenvalue weighted by atomic mass is 10.2. The minimum Gasteiger partial charge on any atom is -0.339 e. The SMILES string of the molecule is Cc1ccc(C)c(SCC(=O)N2CCN(S(=O)(=O)c3ccccc3F)CC2)c1. The molecule has 0 saturated carbocycles. The Balaban J connectivity index is 1.58. The monoisotopic (exact) mass is 422 g/mol. The van der Waals surface area contributed by atoms with Crippen molar-refractivity contribution in [2.75, 3.05) is 31.9 Å². The number of hydrogen-bond donors (Lipinski definition) is 0. The summed E-state index contributed by atoms with van der Waals surface area (Å²) in [6.07, 6.45) is 0. The van der Waals surface area contributed by atoms with Crippen LogP contribution in [-0.2, 0) is 14.8 Å². The molecule has 1 saturated heterocycles. The van der Waals surface area contributed by atoms with Crippen molar-refractivity contribution in [1.82, 2.24) is 9.21 Å². The van der Waals surface area contributed by atoms with Gasteiger partial charge in [-0.05, 0) is 37.6 Å². The second-order valence-electron chi connectivity index (χ2n) is 6.77. The van der Waals surface area contributed by atoms with Crippen LogP contribution in [0, 0.1) is 19.7 Å². The van der Waals surface area contributed by atoms with Gasteiger partial charge in [0.05, 0.1) is 5.75 Å². The molecule has 0 bridgehead atoms. The van der Waals surface area contributed by atoms with Gasteiger partial charge in [0.25, 0.3) is 0 Å². The summed E-state index contributed by atoms with van der Waals surface area (Å²) in [5.41, 5.74) is 2.27. The number of piperazine rings is 1. The van der Waals surface area contributed by atoms with Crippen LogP contribution >= 0.6 is 11.8 Å². The number of carbonyl (C=O) groups is 1. The molecule has 0 radical (unpaired) electrons. The third-order valence-corrected chi connectivity index (χ3v) is 7.81. The molecule has 1 amide bonds. The summed E-state index contributed by atoms with van der Waals surface area (Å²) >= 11 is 1.50. The van der Waals surface area contributed by atoms with Crippen LogP contribution in [0.25, 0.3) is 0 Å². The number of thioether (sulfide) groups is 1. The van der Waals surface area contributed by atoms with Crippen molar-refractivity contribution in [2.45, 2.75) is 23.6 Å². The van der Waals surface area contributed by atoms with E-state index in [1.165, 1.54) is 34.3 Å². The van der Waals surface area contributed by atoms with E-state index >= 15 is 0 Å². The Kier molecular flexibility index (Phi) is 6.42. The van der Waals surface area contributed by atoms with Gasteiger partial charge in [-0.3, -0.25) is 4.79 Å². The summed E-state index contributed by atoms with van der Waals surface area (Å²) in [5.74, 6) is -0.468. The van der Waals surface area contributed by atoms with E-state index in [4.69, 9.17) is 0 Å². The summed E-state index contributed by atoms with van der Waals surface area (Å²) in [6.45, 7) is 4.96. The van der Waals surface area contributed by atoms with Crippen molar-refractivity contribution in [2.24, 2.45) is 0 Å². The maximum atomic E-state index is 13.9. The van der Waals surface area contributed by atoms with Crippen molar-refractivity contribution in [3.63, 3.8) is 0 Å². The van der Waals surface area contributed by atoms with Crippen molar-refractivity contribution in [3.05, 3.63) is 59.4 Å². The molecular formula is C20H23FN2O3S2. The number of halogens is 1. The number of sulfonamides is 1. The molecule has 1 heterocycles. The fourth-order valence-corrected chi connectivity index (χ4v) is 5.58. The third kappa shape index (κ3) is 4.56.